The maximum absolute atomic E-state index is 11.8. The fraction of sp³-hybridized carbons (Fsp3) is 0.500. The normalized spacial score (nSPS) is 16.9. The molecule has 0 amide bonds. The lowest BCUT2D eigenvalue weighted by Crippen LogP contribution is -2.17. The van der Waals surface area contributed by atoms with Gasteiger partial charge in [-0.2, -0.15) is 0 Å². The molecule has 0 aliphatic heterocycles. The Kier molecular flexibility index (Phi) is 2.99. The second kappa shape index (κ2) is 4.28. The van der Waals surface area contributed by atoms with Gasteiger partial charge in [-0.15, -0.1) is 0 Å². The average molecular weight is 218 g/mol. The van der Waals surface area contributed by atoms with Crippen LogP contribution >= 0.6 is 0 Å². The van der Waals surface area contributed by atoms with E-state index in [-0.39, 0.29) is 11.9 Å². The summed E-state index contributed by atoms with van der Waals surface area (Å²) in [6.07, 6.45) is 2.29. The molecule has 0 radical (unpaired) electrons. The van der Waals surface area contributed by atoms with Crippen molar-refractivity contribution in [1.82, 2.24) is 0 Å². The molecule has 0 bridgehead atoms. The summed E-state index contributed by atoms with van der Waals surface area (Å²) in [5, 5.41) is 0. The van der Waals surface area contributed by atoms with E-state index in [0.717, 1.165) is 18.4 Å². The Morgan fingerprint density at radius 3 is 2.62 bits per heavy atom. The highest BCUT2D eigenvalue weighted by Crippen LogP contribution is 2.44. The van der Waals surface area contributed by atoms with Gasteiger partial charge in [-0.3, -0.25) is 4.79 Å². The number of carbonyl (C=O) groups is 1. The first-order valence-electron chi connectivity index (χ1n) is 5.78. The molecule has 1 aliphatic rings. The van der Waals surface area contributed by atoms with Gasteiger partial charge < -0.3 is 4.74 Å². The summed E-state index contributed by atoms with van der Waals surface area (Å²) < 4.78 is 4.92. The molecule has 2 rings (SSSR count). The first-order valence-corrected chi connectivity index (χ1v) is 5.78. The minimum absolute atomic E-state index is 0.0510. The van der Waals surface area contributed by atoms with E-state index in [1.165, 1.54) is 18.2 Å². The van der Waals surface area contributed by atoms with Crippen LogP contribution in [0.3, 0.4) is 0 Å². The number of methoxy groups -OCH3 is 1. The molecule has 0 spiro atoms. The van der Waals surface area contributed by atoms with E-state index in [9.17, 15) is 4.79 Å². The van der Waals surface area contributed by atoms with Gasteiger partial charge in [0.2, 0.25) is 0 Å². The van der Waals surface area contributed by atoms with E-state index in [1.54, 1.807) is 0 Å². The molecule has 0 N–H and O–H groups in total. The Balaban J connectivity index is 2.37. The van der Waals surface area contributed by atoms with Gasteiger partial charge in [0, 0.05) is 0 Å². The maximum atomic E-state index is 11.8. The molecule has 1 aliphatic carbocycles. The summed E-state index contributed by atoms with van der Waals surface area (Å²) in [5.41, 5.74) is 3.54. The molecule has 1 saturated carbocycles. The zero-order chi connectivity index (χ0) is 11.7. The quantitative estimate of drug-likeness (QED) is 0.729. The molecule has 16 heavy (non-hydrogen) atoms. The minimum atomic E-state index is -0.0869. The van der Waals surface area contributed by atoms with Crippen LogP contribution in [-0.4, -0.2) is 13.1 Å². The number of hydrogen-bond donors (Lipinski definition) is 0. The Hall–Kier alpha value is -1.31. The van der Waals surface area contributed by atoms with Gasteiger partial charge in [-0.25, -0.2) is 0 Å². The van der Waals surface area contributed by atoms with Crippen LogP contribution in [0.15, 0.2) is 18.2 Å². The van der Waals surface area contributed by atoms with Crippen LogP contribution in [0, 0.1) is 19.8 Å². The maximum Gasteiger partial charge on any atom is 0.313 e. The van der Waals surface area contributed by atoms with Crippen molar-refractivity contribution in [2.45, 2.75) is 32.6 Å². The summed E-state index contributed by atoms with van der Waals surface area (Å²) in [5.74, 6) is 0.356. The third-order valence-corrected chi connectivity index (χ3v) is 3.32. The Morgan fingerprint density at radius 2 is 2.06 bits per heavy atom. The SMILES string of the molecule is COC(=O)C(c1cc(C)ccc1C)C1CC1. The van der Waals surface area contributed by atoms with Crippen molar-refractivity contribution in [2.75, 3.05) is 7.11 Å². The Bertz CT molecular complexity index is 405. The number of carbonyl (C=O) groups excluding carboxylic acids is 1. The lowest BCUT2D eigenvalue weighted by Gasteiger charge is -2.17. The highest BCUT2D eigenvalue weighted by Gasteiger charge is 2.38. The fourth-order valence-corrected chi connectivity index (χ4v) is 2.22. The van der Waals surface area contributed by atoms with Crippen molar-refractivity contribution in [3.8, 4) is 0 Å². The molecule has 2 nitrogen and oxygen atoms in total. The van der Waals surface area contributed by atoms with Crippen molar-refractivity contribution in [2.24, 2.45) is 5.92 Å². The van der Waals surface area contributed by atoms with E-state index in [0.29, 0.717) is 5.92 Å². The monoisotopic (exact) mass is 218 g/mol. The van der Waals surface area contributed by atoms with Gasteiger partial charge in [-0.1, -0.05) is 23.8 Å². The molecule has 0 aromatic heterocycles. The number of hydrogen-bond acceptors (Lipinski definition) is 2. The molecule has 1 atom stereocenters. The van der Waals surface area contributed by atoms with E-state index >= 15 is 0 Å². The zero-order valence-electron chi connectivity index (χ0n) is 10.1. The Morgan fingerprint density at radius 1 is 1.38 bits per heavy atom. The standard InChI is InChI=1S/C14H18O2/c1-9-4-5-10(2)12(8-9)13(11-6-7-11)14(15)16-3/h4-5,8,11,13H,6-7H2,1-3H3. The predicted octanol–water partition coefficient (Wildman–Crippen LogP) is 2.97. The van der Waals surface area contributed by atoms with Crippen LogP contribution in [0.4, 0.5) is 0 Å². The minimum Gasteiger partial charge on any atom is -0.469 e. The van der Waals surface area contributed by atoms with E-state index in [2.05, 4.69) is 32.0 Å². The van der Waals surface area contributed by atoms with Gasteiger partial charge in [0.25, 0.3) is 0 Å². The molecule has 86 valence electrons. The van der Waals surface area contributed by atoms with Crippen LogP contribution in [-0.2, 0) is 9.53 Å². The molecule has 2 heteroatoms. The van der Waals surface area contributed by atoms with Gasteiger partial charge in [0.15, 0.2) is 0 Å². The van der Waals surface area contributed by atoms with Crippen LogP contribution < -0.4 is 0 Å². The summed E-state index contributed by atoms with van der Waals surface area (Å²) in [4.78, 5) is 11.8. The van der Waals surface area contributed by atoms with E-state index < -0.39 is 0 Å². The smallest absolute Gasteiger partial charge is 0.313 e. The largest absolute Gasteiger partial charge is 0.469 e. The van der Waals surface area contributed by atoms with Gasteiger partial charge in [0.1, 0.15) is 0 Å². The second-order valence-corrected chi connectivity index (χ2v) is 4.70. The molecule has 1 unspecified atom stereocenters. The van der Waals surface area contributed by atoms with Crippen LogP contribution in [0.2, 0.25) is 0 Å². The molecule has 1 fully saturated rings. The van der Waals surface area contributed by atoms with Crippen LogP contribution in [0.25, 0.3) is 0 Å². The van der Waals surface area contributed by atoms with Crippen molar-refractivity contribution in [1.29, 1.82) is 0 Å². The number of benzene rings is 1. The summed E-state index contributed by atoms with van der Waals surface area (Å²) in [6.45, 7) is 4.12. The van der Waals surface area contributed by atoms with Crippen molar-refractivity contribution >= 4 is 5.97 Å². The molecule has 0 heterocycles. The highest BCUT2D eigenvalue weighted by atomic mass is 16.5. The number of rotatable bonds is 3. The lowest BCUT2D eigenvalue weighted by atomic mass is 9.89. The van der Waals surface area contributed by atoms with Gasteiger partial charge in [0.05, 0.1) is 13.0 Å². The summed E-state index contributed by atoms with van der Waals surface area (Å²) >= 11 is 0. The van der Waals surface area contributed by atoms with Gasteiger partial charge in [-0.05, 0) is 43.7 Å². The highest BCUT2D eigenvalue weighted by molar-refractivity contribution is 5.79. The third kappa shape index (κ3) is 2.11. The van der Waals surface area contributed by atoms with Crippen molar-refractivity contribution in [3.63, 3.8) is 0 Å². The van der Waals surface area contributed by atoms with E-state index in [1.807, 2.05) is 0 Å². The molecular weight excluding hydrogens is 200 g/mol. The summed E-state index contributed by atoms with van der Waals surface area (Å²) in [6, 6.07) is 6.29. The second-order valence-electron chi connectivity index (χ2n) is 4.70. The molecule has 1 aromatic rings. The number of esters is 1. The van der Waals surface area contributed by atoms with Crippen molar-refractivity contribution in [3.05, 3.63) is 34.9 Å². The zero-order valence-corrected chi connectivity index (χ0v) is 10.1. The molecule has 1 aromatic carbocycles. The Labute approximate surface area is 96.6 Å². The molecule has 0 saturated heterocycles. The summed E-state index contributed by atoms with van der Waals surface area (Å²) in [7, 11) is 1.48. The average Bonchev–Trinajstić information content (AvgIpc) is 3.07. The lowest BCUT2D eigenvalue weighted by molar-refractivity contribution is -0.143. The van der Waals surface area contributed by atoms with Gasteiger partial charge >= 0.3 is 5.97 Å². The van der Waals surface area contributed by atoms with Crippen LogP contribution in [0.1, 0.15) is 35.4 Å². The van der Waals surface area contributed by atoms with E-state index in [4.69, 9.17) is 4.74 Å². The van der Waals surface area contributed by atoms with Crippen LogP contribution in [0.5, 0.6) is 0 Å². The van der Waals surface area contributed by atoms with Crippen molar-refractivity contribution < 1.29 is 9.53 Å². The number of aryl methyl sites for hydroxylation is 2. The first kappa shape index (κ1) is 11.2. The first-order chi connectivity index (χ1) is 7.63. The predicted molar refractivity (Wildman–Crippen MR) is 63.4 cm³/mol. The topological polar surface area (TPSA) is 26.3 Å². The third-order valence-electron chi connectivity index (χ3n) is 3.32. The fourth-order valence-electron chi connectivity index (χ4n) is 2.22. The molecular formula is C14H18O2. The number of ether oxygens (including phenoxy) is 1.